The Morgan fingerprint density at radius 3 is 2.43 bits per heavy atom. The van der Waals surface area contributed by atoms with E-state index in [-0.39, 0.29) is 24.8 Å². The van der Waals surface area contributed by atoms with Gasteiger partial charge in [0.15, 0.2) is 0 Å². The lowest BCUT2D eigenvalue weighted by Gasteiger charge is -2.45. The van der Waals surface area contributed by atoms with E-state index in [4.69, 9.17) is 17.3 Å². The van der Waals surface area contributed by atoms with Crippen LogP contribution in [0.15, 0.2) is 30.7 Å². The van der Waals surface area contributed by atoms with Gasteiger partial charge in [0.2, 0.25) is 5.91 Å². The Balaban J connectivity index is 1.82. The minimum atomic E-state index is -4.53. The fourth-order valence-electron chi connectivity index (χ4n) is 5.29. The summed E-state index contributed by atoms with van der Waals surface area (Å²) in [4.78, 5) is 22.5. The van der Waals surface area contributed by atoms with E-state index in [1.54, 1.807) is 19.2 Å². The molecular formula is C24H28ClF3N6O. The molecular weight excluding hydrogens is 481 g/mol. The Hall–Kier alpha value is -2.72. The van der Waals surface area contributed by atoms with Crippen LogP contribution in [-0.4, -0.2) is 57.3 Å². The van der Waals surface area contributed by atoms with E-state index >= 15 is 0 Å². The van der Waals surface area contributed by atoms with Crippen LogP contribution in [0.3, 0.4) is 0 Å². The molecule has 35 heavy (non-hydrogen) atoms. The number of aromatic nitrogens is 4. The third-order valence-corrected chi connectivity index (χ3v) is 7.75. The first-order valence-corrected chi connectivity index (χ1v) is 11.7. The van der Waals surface area contributed by atoms with Crippen molar-refractivity contribution in [2.75, 3.05) is 14.1 Å². The van der Waals surface area contributed by atoms with Gasteiger partial charge in [-0.25, -0.2) is 9.97 Å². The summed E-state index contributed by atoms with van der Waals surface area (Å²) < 4.78 is 43.9. The maximum Gasteiger partial charge on any atom is 0.395 e. The summed E-state index contributed by atoms with van der Waals surface area (Å²) in [5, 5.41) is 8.22. The SMILES string of the molecule is Cc1ncc([C@@](CC(N)=O)(CC(Cc2cc3cn[nH]c3cc2Cl)N(C)C)C2(C(F)(F)F)CC2)cn1. The molecule has 1 aromatic carbocycles. The van der Waals surface area contributed by atoms with Crippen LogP contribution in [0.2, 0.25) is 5.02 Å². The molecule has 0 spiro atoms. The van der Waals surface area contributed by atoms with E-state index in [0.29, 0.717) is 17.3 Å². The number of fused-ring (bicyclic) bond motifs is 1. The number of aromatic amines is 1. The van der Waals surface area contributed by atoms with E-state index in [9.17, 15) is 18.0 Å². The number of hydrogen-bond donors (Lipinski definition) is 2. The average molecular weight is 509 g/mol. The standard InChI is InChI=1S/C24H28ClF3N6O/c1-14-30-12-17(13-31-14)22(10-21(29)35,23(4-5-23)24(26,27)28)9-18(34(2)3)7-15-6-16-11-32-33-20(16)8-19(15)25/h6,8,11-13,18H,4-5,7,9-10H2,1-3H3,(H2,29,35)(H,32,33)/t18?,22-/m0/s1. The Labute approximate surface area is 206 Å². The molecule has 0 radical (unpaired) electrons. The third-order valence-electron chi connectivity index (χ3n) is 7.40. The van der Waals surface area contributed by atoms with Crippen LogP contribution in [-0.2, 0) is 16.6 Å². The number of aryl methyl sites for hydroxylation is 1. The first-order valence-electron chi connectivity index (χ1n) is 11.3. The van der Waals surface area contributed by atoms with Crippen molar-refractivity contribution in [3.05, 3.63) is 52.7 Å². The minimum Gasteiger partial charge on any atom is -0.370 e. The number of likely N-dealkylation sites (N-methyl/N-ethyl adjacent to an activating group) is 1. The van der Waals surface area contributed by atoms with Crippen molar-refractivity contribution in [2.24, 2.45) is 11.1 Å². The number of amides is 1. The molecule has 0 bridgehead atoms. The second-order valence-electron chi connectivity index (χ2n) is 9.75. The average Bonchev–Trinajstić information content (AvgIpc) is 3.48. The normalized spacial score (nSPS) is 17.9. The Kier molecular flexibility index (Phi) is 6.56. The summed E-state index contributed by atoms with van der Waals surface area (Å²) in [5.74, 6) is -0.362. The van der Waals surface area contributed by atoms with E-state index in [1.165, 1.54) is 12.4 Å². The molecule has 0 saturated heterocycles. The van der Waals surface area contributed by atoms with Crippen LogP contribution in [0, 0.1) is 12.3 Å². The number of nitrogens with two attached hydrogens (primary N) is 1. The lowest BCUT2D eigenvalue weighted by atomic mass is 9.61. The fourth-order valence-corrected chi connectivity index (χ4v) is 5.53. The summed E-state index contributed by atoms with van der Waals surface area (Å²) in [6.07, 6.45) is -0.274. The van der Waals surface area contributed by atoms with Crippen LogP contribution in [0.25, 0.3) is 10.9 Å². The molecule has 3 N–H and O–H groups in total. The van der Waals surface area contributed by atoms with Gasteiger partial charge in [0, 0.05) is 40.7 Å². The molecule has 2 heterocycles. The minimum absolute atomic E-state index is 0.0224. The molecule has 7 nitrogen and oxygen atoms in total. The predicted molar refractivity (Wildman–Crippen MR) is 127 cm³/mol. The molecule has 0 aliphatic heterocycles. The van der Waals surface area contributed by atoms with Crippen molar-refractivity contribution in [1.82, 2.24) is 25.1 Å². The number of nitrogens with zero attached hydrogens (tertiary/aromatic N) is 4. The van der Waals surface area contributed by atoms with Gasteiger partial charge >= 0.3 is 6.18 Å². The summed E-state index contributed by atoms with van der Waals surface area (Å²) >= 11 is 6.53. The molecule has 1 unspecified atom stereocenters. The van der Waals surface area contributed by atoms with Crippen LogP contribution in [0.5, 0.6) is 0 Å². The first kappa shape index (κ1) is 25.4. The number of carbonyl (C=O) groups excluding carboxylic acids is 1. The van der Waals surface area contributed by atoms with Gasteiger partial charge in [0.25, 0.3) is 0 Å². The Bertz CT molecular complexity index is 1220. The second-order valence-corrected chi connectivity index (χ2v) is 10.2. The molecule has 188 valence electrons. The molecule has 4 rings (SSSR count). The zero-order chi connectivity index (χ0) is 25.6. The van der Waals surface area contributed by atoms with E-state index in [0.717, 1.165) is 16.5 Å². The number of H-pyrrole nitrogens is 1. The second kappa shape index (κ2) is 9.05. The summed E-state index contributed by atoms with van der Waals surface area (Å²) in [7, 11) is 3.62. The van der Waals surface area contributed by atoms with E-state index in [2.05, 4.69) is 20.2 Å². The lowest BCUT2D eigenvalue weighted by molar-refractivity contribution is -0.212. The smallest absolute Gasteiger partial charge is 0.370 e. The molecule has 3 aromatic rings. The van der Waals surface area contributed by atoms with Gasteiger partial charge in [-0.3, -0.25) is 9.89 Å². The molecule has 1 aliphatic carbocycles. The fraction of sp³-hybridized carbons (Fsp3) is 0.500. The van der Waals surface area contributed by atoms with Crippen LogP contribution >= 0.6 is 11.6 Å². The lowest BCUT2D eigenvalue weighted by Crippen LogP contribution is -2.52. The van der Waals surface area contributed by atoms with E-state index in [1.807, 2.05) is 25.1 Å². The highest BCUT2D eigenvalue weighted by atomic mass is 35.5. The topological polar surface area (TPSA) is 101 Å². The number of rotatable bonds is 9. The highest BCUT2D eigenvalue weighted by Gasteiger charge is 2.74. The zero-order valence-electron chi connectivity index (χ0n) is 19.8. The van der Waals surface area contributed by atoms with Gasteiger partial charge in [-0.1, -0.05) is 11.6 Å². The molecule has 1 amide bonds. The quantitative estimate of drug-likeness (QED) is 0.448. The first-order chi connectivity index (χ1) is 16.4. The molecule has 2 aromatic heterocycles. The van der Waals surface area contributed by atoms with Gasteiger partial charge in [0.05, 0.1) is 17.1 Å². The Morgan fingerprint density at radius 2 is 1.89 bits per heavy atom. The number of alkyl halides is 3. The van der Waals surface area contributed by atoms with Crippen LogP contribution < -0.4 is 5.73 Å². The zero-order valence-corrected chi connectivity index (χ0v) is 20.5. The molecule has 1 fully saturated rings. The predicted octanol–water partition coefficient (Wildman–Crippen LogP) is 4.33. The number of hydrogen-bond acceptors (Lipinski definition) is 5. The van der Waals surface area contributed by atoms with Crippen LogP contribution in [0.1, 0.15) is 42.6 Å². The van der Waals surface area contributed by atoms with Crippen molar-refractivity contribution >= 4 is 28.4 Å². The number of halogens is 4. The van der Waals surface area contributed by atoms with Gasteiger partial charge in [-0.15, -0.1) is 0 Å². The molecule has 1 saturated carbocycles. The maximum absolute atomic E-state index is 14.6. The number of nitrogens with one attached hydrogen (secondary N) is 1. The Morgan fingerprint density at radius 1 is 1.23 bits per heavy atom. The largest absolute Gasteiger partial charge is 0.395 e. The molecule has 2 atom stereocenters. The van der Waals surface area contributed by atoms with Gasteiger partial charge in [-0.05, 0) is 70.0 Å². The highest BCUT2D eigenvalue weighted by Crippen LogP contribution is 2.70. The van der Waals surface area contributed by atoms with Gasteiger partial charge in [0.1, 0.15) is 5.82 Å². The third kappa shape index (κ3) is 4.61. The summed E-state index contributed by atoms with van der Waals surface area (Å²) in [6, 6.07) is 3.26. The van der Waals surface area contributed by atoms with E-state index < -0.39 is 35.4 Å². The highest BCUT2D eigenvalue weighted by molar-refractivity contribution is 6.32. The number of benzene rings is 1. The van der Waals surface area contributed by atoms with Crippen molar-refractivity contribution in [3.8, 4) is 0 Å². The van der Waals surface area contributed by atoms with Crippen molar-refractivity contribution in [2.45, 2.75) is 56.7 Å². The van der Waals surface area contributed by atoms with Crippen LogP contribution in [0.4, 0.5) is 13.2 Å². The van der Waals surface area contributed by atoms with Crippen molar-refractivity contribution < 1.29 is 18.0 Å². The monoisotopic (exact) mass is 508 g/mol. The van der Waals surface area contributed by atoms with Crippen molar-refractivity contribution in [3.63, 3.8) is 0 Å². The number of carbonyl (C=O) groups is 1. The molecule has 1 aliphatic rings. The van der Waals surface area contributed by atoms with Crippen molar-refractivity contribution in [1.29, 1.82) is 0 Å². The molecule has 11 heteroatoms. The maximum atomic E-state index is 14.6. The summed E-state index contributed by atoms with van der Waals surface area (Å²) in [5.41, 5.74) is 3.73. The number of primary amides is 1. The summed E-state index contributed by atoms with van der Waals surface area (Å²) in [6.45, 7) is 1.66. The van der Waals surface area contributed by atoms with Gasteiger partial charge in [-0.2, -0.15) is 18.3 Å². The van der Waals surface area contributed by atoms with Gasteiger partial charge < -0.3 is 10.6 Å².